The third-order valence-electron chi connectivity index (χ3n) is 4.19. The molecule has 1 heterocycles. The summed E-state index contributed by atoms with van der Waals surface area (Å²) in [6, 6.07) is 1.88. The average molecular weight is 338 g/mol. The van der Waals surface area contributed by atoms with Gasteiger partial charge in [-0.25, -0.2) is 4.39 Å². The fourth-order valence-electron chi connectivity index (χ4n) is 2.66. The second kappa shape index (κ2) is 6.47. The summed E-state index contributed by atoms with van der Waals surface area (Å²) in [6.45, 7) is 5.71. The number of alkyl halides is 1. The molecule has 1 fully saturated rings. The molecule has 1 saturated carbocycles. The molecule has 1 aromatic rings. The van der Waals surface area contributed by atoms with Gasteiger partial charge in [-0.3, -0.25) is 15.2 Å². The van der Waals surface area contributed by atoms with Gasteiger partial charge in [0.15, 0.2) is 0 Å². The molecule has 1 amide bonds. The van der Waals surface area contributed by atoms with Crippen molar-refractivity contribution in [3.8, 4) is 0 Å². The van der Waals surface area contributed by atoms with E-state index >= 15 is 0 Å². The van der Waals surface area contributed by atoms with Crippen LogP contribution in [-0.2, 0) is 4.79 Å². The van der Waals surface area contributed by atoms with Gasteiger partial charge in [-0.05, 0) is 54.3 Å². The normalized spacial score (nSPS) is 23.8. The Morgan fingerprint density at radius 3 is 2.88 bits per heavy atom. The molecule has 128 valence electrons. The van der Waals surface area contributed by atoms with Crippen LogP contribution in [0.5, 0.6) is 0 Å². The molecule has 2 aliphatic rings. The number of carbonyl (C=O) groups excluding carboxylic acids is 1. The van der Waals surface area contributed by atoms with E-state index in [1.165, 1.54) is 0 Å². The van der Waals surface area contributed by atoms with Gasteiger partial charge >= 0.3 is 0 Å². The Balaban J connectivity index is 1.85. The van der Waals surface area contributed by atoms with Crippen LogP contribution >= 0.6 is 0 Å². The van der Waals surface area contributed by atoms with Crippen molar-refractivity contribution >= 4 is 17.2 Å². The van der Waals surface area contributed by atoms with Crippen LogP contribution in [0.2, 0.25) is 0 Å². The van der Waals surface area contributed by atoms with Gasteiger partial charge in [0.25, 0.3) is 0 Å². The van der Waals surface area contributed by atoms with Crippen molar-refractivity contribution in [2.45, 2.75) is 19.5 Å². The number of hydrogen-bond donors (Lipinski definition) is 3. The molecule has 2 aliphatic carbocycles. The summed E-state index contributed by atoms with van der Waals surface area (Å²) in [5.74, 6) is -0.967. The van der Waals surface area contributed by atoms with E-state index in [4.69, 9.17) is 11.1 Å². The first-order chi connectivity index (χ1) is 11.9. The van der Waals surface area contributed by atoms with E-state index in [1.807, 2.05) is 19.1 Å². The highest BCUT2D eigenvalue weighted by Gasteiger charge is 2.43. The first-order valence-electron chi connectivity index (χ1n) is 7.91. The Morgan fingerprint density at radius 2 is 2.24 bits per heavy atom. The molecule has 0 bridgehead atoms. The van der Waals surface area contributed by atoms with Crippen LogP contribution in [0, 0.1) is 18.3 Å². The van der Waals surface area contributed by atoms with Crippen molar-refractivity contribution in [3.63, 3.8) is 0 Å². The molecule has 6 heteroatoms. The Morgan fingerprint density at radius 1 is 1.52 bits per heavy atom. The maximum absolute atomic E-state index is 12.9. The highest BCUT2D eigenvalue weighted by Crippen LogP contribution is 2.34. The summed E-state index contributed by atoms with van der Waals surface area (Å²) in [5, 5.41) is 10.7. The molecule has 0 aliphatic heterocycles. The Bertz CT molecular complexity index is 866. The standard InChI is InChI=1S/C19H19FN4O/c1-10-9-23-4-3-14(10)12-6-13(18(22)17(21)7-12)5-11(2)24-19(25)15-8-16(15)20/h3-7,9,15-16,22H,2,8,21H2,1H3,(H,24,25)/b13-5-,22-18?. The SMILES string of the molecule is C=C(/C=C1/C=C(c2ccncc2C)C=C(N)C1=N)NC(=O)C1CC1F. The number of nitrogens with two attached hydrogens (primary N) is 1. The van der Waals surface area contributed by atoms with Crippen molar-refractivity contribution in [3.05, 3.63) is 71.4 Å². The van der Waals surface area contributed by atoms with Crippen LogP contribution in [0.4, 0.5) is 4.39 Å². The topological polar surface area (TPSA) is 91.9 Å². The zero-order valence-corrected chi connectivity index (χ0v) is 13.8. The van der Waals surface area contributed by atoms with Crippen LogP contribution in [0.15, 0.2) is 60.2 Å². The van der Waals surface area contributed by atoms with E-state index in [0.29, 0.717) is 17.0 Å². The lowest BCUT2D eigenvalue weighted by atomic mass is 9.91. The fourth-order valence-corrected chi connectivity index (χ4v) is 2.66. The highest BCUT2D eigenvalue weighted by atomic mass is 19.1. The summed E-state index contributed by atoms with van der Waals surface area (Å²) in [5.41, 5.74) is 10.1. The van der Waals surface area contributed by atoms with Gasteiger partial charge in [0.2, 0.25) is 5.91 Å². The lowest BCUT2D eigenvalue weighted by molar-refractivity contribution is -0.121. The Kier molecular flexibility index (Phi) is 4.35. The number of aromatic nitrogens is 1. The van der Waals surface area contributed by atoms with Gasteiger partial charge in [-0.1, -0.05) is 6.58 Å². The molecule has 5 nitrogen and oxygen atoms in total. The molecule has 25 heavy (non-hydrogen) atoms. The number of halogens is 1. The summed E-state index contributed by atoms with van der Waals surface area (Å²) in [6.07, 6.45) is 7.77. The summed E-state index contributed by atoms with van der Waals surface area (Å²) in [7, 11) is 0. The molecule has 0 spiro atoms. The molecule has 1 aromatic heterocycles. The summed E-state index contributed by atoms with van der Waals surface area (Å²) >= 11 is 0. The second-order valence-electron chi connectivity index (χ2n) is 6.24. The number of hydrogen-bond acceptors (Lipinski definition) is 4. The first-order valence-corrected chi connectivity index (χ1v) is 7.91. The van der Waals surface area contributed by atoms with Gasteiger partial charge in [-0.2, -0.15) is 0 Å². The van der Waals surface area contributed by atoms with Crippen LogP contribution in [-0.4, -0.2) is 22.8 Å². The predicted octanol–water partition coefficient (Wildman–Crippen LogP) is 2.56. The number of carbonyl (C=O) groups is 1. The average Bonchev–Trinajstić information content (AvgIpc) is 3.29. The van der Waals surface area contributed by atoms with Crippen LogP contribution in [0.1, 0.15) is 17.5 Å². The second-order valence-corrected chi connectivity index (χ2v) is 6.24. The van der Waals surface area contributed by atoms with E-state index in [2.05, 4.69) is 16.9 Å². The minimum absolute atomic E-state index is 0.153. The molecule has 2 unspecified atom stereocenters. The maximum Gasteiger partial charge on any atom is 0.230 e. The number of nitrogens with one attached hydrogen (secondary N) is 2. The first kappa shape index (κ1) is 16.8. The maximum atomic E-state index is 12.9. The summed E-state index contributed by atoms with van der Waals surface area (Å²) < 4.78 is 12.9. The van der Waals surface area contributed by atoms with E-state index < -0.39 is 12.1 Å². The zero-order chi connectivity index (χ0) is 18.1. The van der Waals surface area contributed by atoms with Crippen LogP contribution in [0.25, 0.3) is 5.57 Å². The Labute approximate surface area is 145 Å². The zero-order valence-electron chi connectivity index (χ0n) is 13.8. The largest absolute Gasteiger partial charge is 0.397 e. The number of pyridine rings is 1. The molecular formula is C19H19FN4O. The van der Waals surface area contributed by atoms with Gasteiger partial charge in [0.05, 0.1) is 17.3 Å². The number of aryl methyl sites for hydroxylation is 1. The molecule has 4 N–H and O–H groups in total. The lowest BCUT2D eigenvalue weighted by Gasteiger charge is -2.17. The Hall–Kier alpha value is -3.02. The van der Waals surface area contributed by atoms with Gasteiger partial charge < -0.3 is 11.1 Å². The predicted molar refractivity (Wildman–Crippen MR) is 95.3 cm³/mol. The molecule has 0 saturated heterocycles. The van der Waals surface area contributed by atoms with E-state index in [9.17, 15) is 9.18 Å². The molecular weight excluding hydrogens is 319 g/mol. The number of amides is 1. The van der Waals surface area contributed by atoms with E-state index in [-0.39, 0.29) is 18.0 Å². The lowest BCUT2D eigenvalue weighted by Crippen LogP contribution is -2.24. The third kappa shape index (κ3) is 3.57. The number of rotatable bonds is 4. The number of nitrogens with zero attached hydrogens (tertiary/aromatic N) is 1. The molecule has 0 aromatic carbocycles. The number of allylic oxidation sites excluding steroid dienone is 5. The van der Waals surface area contributed by atoms with Gasteiger partial charge in [0.1, 0.15) is 6.17 Å². The molecule has 2 atom stereocenters. The summed E-state index contributed by atoms with van der Waals surface area (Å²) in [4.78, 5) is 15.9. The molecule has 0 radical (unpaired) electrons. The fraction of sp³-hybridized carbons (Fsp3) is 0.211. The van der Waals surface area contributed by atoms with Crippen LogP contribution < -0.4 is 11.1 Å². The smallest absolute Gasteiger partial charge is 0.230 e. The van der Waals surface area contributed by atoms with Crippen molar-refractivity contribution in [2.75, 3.05) is 0 Å². The third-order valence-corrected chi connectivity index (χ3v) is 4.19. The minimum Gasteiger partial charge on any atom is -0.397 e. The minimum atomic E-state index is -1.06. The van der Waals surface area contributed by atoms with E-state index in [0.717, 1.165) is 16.7 Å². The van der Waals surface area contributed by atoms with Crippen molar-refractivity contribution in [1.29, 1.82) is 5.41 Å². The monoisotopic (exact) mass is 338 g/mol. The van der Waals surface area contributed by atoms with Gasteiger partial charge in [0, 0.05) is 23.7 Å². The van der Waals surface area contributed by atoms with Gasteiger partial charge in [-0.15, -0.1) is 0 Å². The van der Waals surface area contributed by atoms with Crippen molar-refractivity contribution in [1.82, 2.24) is 10.3 Å². The van der Waals surface area contributed by atoms with Crippen molar-refractivity contribution in [2.24, 2.45) is 11.7 Å². The highest BCUT2D eigenvalue weighted by molar-refractivity contribution is 6.16. The van der Waals surface area contributed by atoms with Crippen molar-refractivity contribution < 1.29 is 9.18 Å². The quantitative estimate of drug-likeness (QED) is 0.788. The van der Waals surface area contributed by atoms with E-state index in [1.54, 1.807) is 24.5 Å². The molecule has 3 rings (SSSR count). The van der Waals surface area contributed by atoms with Crippen LogP contribution in [0.3, 0.4) is 0 Å².